The maximum atomic E-state index is 11.5. The van der Waals surface area contributed by atoms with Crippen molar-refractivity contribution in [2.24, 2.45) is 0 Å². The van der Waals surface area contributed by atoms with Gasteiger partial charge in [-0.3, -0.25) is 9.78 Å². The molecule has 0 saturated heterocycles. The molecule has 0 N–H and O–H groups in total. The fourth-order valence-corrected chi connectivity index (χ4v) is 1.44. The second-order valence-corrected chi connectivity index (χ2v) is 3.49. The third kappa shape index (κ3) is 2.76. The minimum absolute atomic E-state index is 0.137. The van der Waals surface area contributed by atoms with Crippen LogP contribution in [-0.2, 0) is 11.3 Å². The van der Waals surface area contributed by atoms with Gasteiger partial charge in [0.2, 0.25) is 0 Å². The molecule has 5 nitrogen and oxygen atoms in total. The molecule has 0 saturated carbocycles. The second-order valence-electron chi connectivity index (χ2n) is 3.49. The molecular weight excluding hydrogens is 218 g/mol. The summed E-state index contributed by atoms with van der Waals surface area (Å²) in [5.74, 6) is 0. The molecule has 0 radical (unpaired) electrons. The Labute approximate surface area is 98.7 Å². The third-order valence-corrected chi connectivity index (χ3v) is 2.30. The molecule has 0 spiro atoms. The SMILES string of the molecule is COCCn1nc(-c2ccccn2)ccc1=O. The number of hydrogen-bond donors (Lipinski definition) is 0. The molecule has 17 heavy (non-hydrogen) atoms. The Kier molecular flexibility index (Phi) is 3.62. The predicted octanol–water partition coefficient (Wildman–Crippen LogP) is 0.952. The number of rotatable bonds is 4. The average molecular weight is 231 g/mol. The fraction of sp³-hybridized carbons (Fsp3) is 0.250. The highest BCUT2D eigenvalue weighted by Gasteiger charge is 2.03. The van der Waals surface area contributed by atoms with Gasteiger partial charge >= 0.3 is 0 Å². The Morgan fingerprint density at radius 3 is 2.82 bits per heavy atom. The summed E-state index contributed by atoms with van der Waals surface area (Å²) < 4.78 is 6.31. The summed E-state index contributed by atoms with van der Waals surface area (Å²) >= 11 is 0. The maximum absolute atomic E-state index is 11.5. The molecule has 0 bridgehead atoms. The van der Waals surface area contributed by atoms with E-state index in [0.717, 1.165) is 5.69 Å². The zero-order chi connectivity index (χ0) is 12.1. The van der Waals surface area contributed by atoms with E-state index in [9.17, 15) is 4.79 Å². The van der Waals surface area contributed by atoms with Crippen molar-refractivity contribution in [2.45, 2.75) is 6.54 Å². The van der Waals surface area contributed by atoms with Gasteiger partial charge in [0.15, 0.2) is 0 Å². The van der Waals surface area contributed by atoms with Gasteiger partial charge in [0.1, 0.15) is 5.69 Å². The first kappa shape index (κ1) is 11.5. The predicted molar refractivity (Wildman–Crippen MR) is 63.6 cm³/mol. The Bertz CT molecular complexity index is 537. The molecule has 0 aliphatic rings. The van der Waals surface area contributed by atoms with Gasteiger partial charge in [0.25, 0.3) is 5.56 Å². The Morgan fingerprint density at radius 2 is 2.12 bits per heavy atom. The van der Waals surface area contributed by atoms with Crippen LogP contribution in [0.2, 0.25) is 0 Å². The van der Waals surface area contributed by atoms with Gasteiger partial charge in [-0.2, -0.15) is 5.10 Å². The van der Waals surface area contributed by atoms with Crippen LogP contribution in [0.4, 0.5) is 0 Å². The monoisotopic (exact) mass is 231 g/mol. The molecule has 2 aromatic heterocycles. The zero-order valence-electron chi connectivity index (χ0n) is 9.54. The highest BCUT2D eigenvalue weighted by Crippen LogP contribution is 2.10. The Morgan fingerprint density at radius 1 is 1.24 bits per heavy atom. The van der Waals surface area contributed by atoms with Crippen LogP contribution in [0.3, 0.4) is 0 Å². The molecule has 0 aliphatic heterocycles. The number of nitrogens with zero attached hydrogens (tertiary/aromatic N) is 3. The van der Waals surface area contributed by atoms with E-state index in [1.54, 1.807) is 19.4 Å². The topological polar surface area (TPSA) is 57.0 Å². The standard InChI is InChI=1S/C12H13N3O2/c1-17-9-8-15-12(16)6-5-11(14-15)10-4-2-3-7-13-10/h2-7H,8-9H2,1H3. The largest absolute Gasteiger partial charge is 0.383 e. The third-order valence-electron chi connectivity index (χ3n) is 2.30. The number of aromatic nitrogens is 3. The summed E-state index contributed by atoms with van der Waals surface area (Å²) in [6.07, 6.45) is 1.70. The summed E-state index contributed by atoms with van der Waals surface area (Å²) in [6.45, 7) is 0.897. The Balaban J connectivity index is 2.34. The van der Waals surface area contributed by atoms with Crippen molar-refractivity contribution in [3.8, 4) is 11.4 Å². The molecule has 2 rings (SSSR count). The van der Waals surface area contributed by atoms with Gasteiger partial charge in [-0.15, -0.1) is 0 Å². The van der Waals surface area contributed by atoms with E-state index in [1.165, 1.54) is 10.7 Å². The van der Waals surface area contributed by atoms with Gasteiger partial charge < -0.3 is 4.74 Å². The van der Waals surface area contributed by atoms with Crippen molar-refractivity contribution in [1.82, 2.24) is 14.8 Å². The van der Waals surface area contributed by atoms with Crippen LogP contribution in [0.25, 0.3) is 11.4 Å². The van der Waals surface area contributed by atoms with Crippen molar-refractivity contribution in [3.05, 3.63) is 46.9 Å². The van der Waals surface area contributed by atoms with E-state index in [-0.39, 0.29) is 5.56 Å². The second kappa shape index (κ2) is 5.36. The van der Waals surface area contributed by atoms with Crippen LogP contribution < -0.4 is 5.56 Å². The number of methoxy groups -OCH3 is 1. The number of ether oxygens (including phenoxy) is 1. The lowest BCUT2D eigenvalue weighted by Gasteiger charge is -2.05. The van der Waals surface area contributed by atoms with Crippen LogP contribution in [0.5, 0.6) is 0 Å². The summed E-state index contributed by atoms with van der Waals surface area (Å²) in [4.78, 5) is 15.7. The molecule has 88 valence electrons. The van der Waals surface area contributed by atoms with E-state index >= 15 is 0 Å². The summed E-state index contributed by atoms with van der Waals surface area (Å²) in [5, 5.41) is 4.24. The molecule has 2 aromatic rings. The highest BCUT2D eigenvalue weighted by atomic mass is 16.5. The van der Waals surface area contributed by atoms with Crippen molar-refractivity contribution in [1.29, 1.82) is 0 Å². The first-order valence-corrected chi connectivity index (χ1v) is 5.30. The van der Waals surface area contributed by atoms with E-state index in [4.69, 9.17) is 4.74 Å². The fourth-order valence-electron chi connectivity index (χ4n) is 1.44. The molecule has 0 aromatic carbocycles. The summed E-state index contributed by atoms with van der Waals surface area (Å²) in [7, 11) is 1.59. The van der Waals surface area contributed by atoms with E-state index < -0.39 is 0 Å². The summed E-state index contributed by atoms with van der Waals surface area (Å²) in [5.41, 5.74) is 1.29. The van der Waals surface area contributed by atoms with Crippen LogP contribution in [0, 0.1) is 0 Å². The van der Waals surface area contributed by atoms with Gasteiger partial charge in [0, 0.05) is 19.4 Å². The van der Waals surface area contributed by atoms with Gasteiger partial charge in [-0.25, -0.2) is 4.68 Å². The van der Waals surface area contributed by atoms with Crippen molar-refractivity contribution < 1.29 is 4.74 Å². The van der Waals surface area contributed by atoms with E-state index in [2.05, 4.69) is 10.1 Å². The molecule has 0 fully saturated rings. The van der Waals surface area contributed by atoms with Crippen molar-refractivity contribution in [2.75, 3.05) is 13.7 Å². The molecule has 2 heterocycles. The van der Waals surface area contributed by atoms with Gasteiger partial charge in [-0.1, -0.05) is 6.07 Å². The zero-order valence-corrected chi connectivity index (χ0v) is 9.54. The average Bonchev–Trinajstić information content (AvgIpc) is 2.39. The molecule has 5 heteroatoms. The lowest BCUT2D eigenvalue weighted by atomic mass is 10.2. The first-order chi connectivity index (χ1) is 8.31. The smallest absolute Gasteiger partial charge is 0.266 e. The first-order valence-electron chi connectivity index (χ1n) is 5.30. The highest BCUT2D eigenvalue weighted by molar-refractivity contribution is 5.52. The lowest BCUT2D eigenvalue weighted by molar-refractivity contribution is 0.182. The van der Waals surface area contributed by atoms with Crippen molar-refractivity contribution >= 4 is 0 Å². The van der Waals surface area contributed by atoms with Gasteiger partial charge in [-0.05, 0) is 18.2 Å². The normalized spacial score (nSPS) is 10.4. The van der Waals surface area contributed by atoms with Crippen LogP contribution in [-0.4, -0.2) is 28.5 Å². The van der Waals surface area contributed by atoms with E-state index in [1.807, 2.05) is 18.2 Å². The summed E-state index contributed by atoms with van der Waals surface area (Å²) in [6, 6.07) is 8.74. The van der Waals surface area contributed by atoms with Crippen LogP contribution >= 0.6 is 0 Å². The molecule has 0 unspecified atom stereocenters. The minimum atomic E-state index is -0.137. The molecular formula is C12H13N3O2. The molecule has 0 atom stereocenters. The van der Waals surface area contributed by atoms with Crippen LogP contribution in [0.15, 0.2) is 41.3 Å². The number of pyridine rings is 1. The maximum Gasteiger partial charge on any atom is 0.266 e. The van der Waals surface area contributed by atoms with Crippen molar-refractivity contribution in [3.63, 3.8) is 0 Å². The van der Waals surface area contributed by atoms with E-state index in [0.29, 0.717) is 18.8 Å². The number of hydrogen-bond acceptors (Lipinski definition) is 4. The molecule has 0 aliphatic carbocycles. The molecule has 0 amide bonds. The Hall–Kier alpha value is -2.01. The quantitative estimate of drug-likeness (QED) is 0.786. The minimum Gasteiger partial charge on any atom is -0.383 e. The van der Waals surface area contributed by atoms with Gasteiger partial charge in [0.05, 0.1) is 18.8 Å². The lowest BCUT2D eigenvalue weighted by Crippen LogP contribution is -2.24. The van der Waals surface area contributed by atoms with Crippen LogP contribution in [0.1, 0.15) is 0 Å².